The van der Waals surface area contributed by atoms with Gasteiger partial charge in [0, 0.05) is 40.7 Å². The zero-order valence-corrected chi connectivity index (χ0v) is 19.3. The van der Waals surface area contributed by atoms with Gasteiger partial charge in [-0.15, -0.1) is 12.4 Å². The third-order valence-corrected chi connectivity index (χ3v) is 6.66. The molecule has 5 nitrogen and oxygen atoms in total. The van der Waals surface area contributed by atoms with E-state index in [9.17, 15) is 4.79 Å². The molecule has 2 aliphatic heterocycles. The molecule has 2 aromatic rings. The fraction of sp³-hybridized carbons (Fsp3) is 0.458. The molecular formula is C24H29Cl2NO4. The molecule has 4 rings (SSSR count). The highest BCUT2D eigenvalue weighted by molar-refractivity contribution is 6.31. The lowest BCUT2D eigenvalue weighted by atomic mass is 9.75. The summed E-state index contributed by atoms with van der Waals surface area (Å²) in [6.45, 7) is 5.55. The molecule has 1 N–H and O–H groups in total. The minimum Gasteiger partial charge on any atom is -0.492 e. The van der Waals surface area contributed by atoms with Crippen LogP contribution < -0.4 is 9.47 Å². The average molecular weight is 466 g/mol. The largest absolute Gasteiger partial charge is 0.492 e. The van der Waals surface area contributed by atoms with Gasteiger partial charge in [0.25, 0.3) is 0 Å². The molecule has 0 saturated carbocycles. The van der Waals surface area contributed by atoms with Crippen LogP contribution in [-0.4, -0.2) is 42.2 Å². The monoisotopic (exact) mass is 465 g/mol. The topological polar surface area (TPSA) is 59.0 Å². The summed E-state index contributed by atoms with van der Waals surface area (Å²) in [6, 6.07) is 12.0. The number of ether oxygens (including phenoxy) is 2. The fourth-order valence-electron chi connectivity index (χ4n) is 4.70. The van der Waals surface area contributed by atoms with E-state index in [1.54, 1.807) is 0 Å². The Kier molecular flexibility index (Phi) is 7.73. The SMILES string of the molecule is CCc1cccc(Cl)c1COc1ccc2c(c1)OCC21CCCN(CCC(=O)O)C1.Cl. The summed E-state index contributed by atoms with van der Waals surface area (Å²) in [7, 11) is 0. The quantitative estimate of drug-likeness (QED) is 0.615. The molecule has 2 aromatic carbocycles. The minimum atomic E-state index is -0.746. The first-order valence-electron chi connectivity index (χ1n) is 10.6. The number of carbonyl (C=O) groups is 1. The molecule has 1 atom stereocenters. The van der Waals surface area contributed by atoms with Crippen LogP contribution in [0.25, 0.3) is 0 Å². The van der Waals surface area contributed by atoms with Gasteiger partial charge in [-0.1, -0.05) is 36.7 Å². The number of benzene rings is 2. The van der Waals surface area contributed by atoms with Gasteiger partial charge in [-0.2, -0.15) is 0 Å². The van der Waals surface area contributed by atoms with Gasteiger partial charge in [-0.3, -0.25) is 4.79 Å². The first-order valence-corrected chi connectivity index (χ1v) is 11.0. The Labute approximate surface area is 194 Å². The molecule has 1 saturated heterocycles. The van der Waals surface area contributed by atoms with Gasteiger partial charge in [-0.25, -0.2) is 0 Å². The van der Waals surface area contributed by atoms with Crippen LogP contribution in [0.3, 0.4) is 0 Å². The number of aryl methyl sites for hydroxylation is 1. The van der Waals surface area contributed by atoms with Gasteiger partial charge < -0.3 is 19.5 Å². The van der Waals surface area contributed by atoms with Crippen LogP contribution in [0, 0.1) is 0 Å². The fourth-order valence-corrected chi connectivity index (χ4v) is 4.95. The van der Waals surface area contributed by atoms with Crippen molar-refractivity contribution in [3.05, 3.63) is 58.1 Å². The first kappa shape index (κ1) is 23.7. The van der Waals surface area contributed by atoms with Crippen molar-refractivity contribution >= 4 is 30.0 Å². The number of piperidine rings is 1. The number of hydrogen-bond donors (Lipinski definition) is 1. The Morgan fingerprint density at radius 1 is 1.32 bits per heavy atom. The summed E-state index contributed by atoms with van der Waals surface area (Å²) in [5.74, 6) is 0.901. The van der Waals surface area contributed by atoms with Crippen molar-refractivity contribution in [3.63, 3.8) is 0 Å². The number of fused-ring (bicyclic) bond motifs is 2. The van der Waals surface area contributed by atoms with E-state index in [0.717, 1.165) is 54.4 Å². The highest BCUT2D eigenvalue weighted by Gasteiger charge is 2.43. The molecule has 1 fully saturated rings. The molecule has 0 radical (unpaired) electrons. The van der Waals surface area contributed by atoms with Crippen LogP contribution in [0.2, 0.25) is 5.02 Å². The second-order valence-corrected chi connectivity index (χ2v) is 8.68. The van der Waals surface area contributed by atoms with E-state index in [1.165, 1.54) is 11.1 Å². The summed E-state index contributed by atoms with van der Waals surface area (Å²) in [6.07, 6.45) is 3.20. The summed E-state index contributed by atoms with van der Waals surface area (Å²) in [5.41, 5.74) is 3.38. The molecule has 0 aromatic heterocycles. The van der Waals surface area contributed by atoms with E-state index in [1.807, 2.05) is 24.3 Å². The highest BCUT2D eigenvalue weighted by Crippen LogP contribution is 2.45. The van der Waals surface area contributed by atoms with E-state index in [-0.39, 0.29) is 24.2 Å². The molecular weight excluding hydrogens is 437 g/mol. The predicted molar refractivity (Wildman–Crippen MR) is 124 cm³/mol. The maximum atomic E-state index is 10.9. The molecule has 1 spiro atoms. The van der Waals surface area contributed by atoms with Gasteiger partial charge in [0.2, 0.25) is 0 Å². The smallest absolute Gasteiger partial charge is 0.304 e. The number of halogens is 2. The van der Waals surface area contributed by atoms with Gasteiger partial charge >= 0.3 is 5.97 Å². The van der Waals surface area contributed by atoms with Crippen LogP contribution in [0.1, 0.15) is 42.9 Å². The summed E-state index contributed by atoms with van der Waals surface area (Å²) in [5, 5.41) is 9.73. The molecule has 168 valence electrons. The summed E-state index contributed by atoms with van der Waals surface area (Å²) in [4.78, 5) is 13.2. The van der Waals surface area contributed by atoms with Crippen molar-refractivity contribution in [2.45, 2.75) is 44.6 Å². The predicted octanol–water partition coefficient (Wildman–Crippen LogP) is 5.10. The van der Waals surface area contributed by atoms with Crippen molar-refractivity contribution in [3.8, 4) is 11.5 Å². The lowest BCUT2D eigenvalue weighted by Crippen LogP contribution is -2.47. The van der Waals surface area contributed by atoms with Gasteiger partial charge in [0.1, 0.15) is 18.1 Å². The number of carboxylic acid groups (broad SMARTS) is 1. The van der Waals surface area contributed by atoms with Crippen molar-refractivity contribution in [2.75, 3.05) is 26.2 Å². The molecule has 0 aliphatic carbocycles. The maximum Gasteiger partial charge on any atom is 0.304 e. The Morgan fingerprint density at radius 2 is 2.16 bits per heavy atom. The van der Waals surface area contributed by atoms with Crippen LogP contribution >= 0.6 is 24.0 Å². The highest BCUT2D eigenvalue weighted by atomic mass is 35.5. The van der Waals surface area contributed by atoms with Gasteiger partial charge in [0.15, 0.2) is 0 Å². The summed E-state index contributed by atoms with van der Waals surface area (Å²) < 4.78 is 12.1. The van der Waals surface area contributed by atoms with Gasteiger partial charge in [0.05, 0.1) is 13.0 Å². The zero-order chi connectivity index (χ0) is 21.1. The second kappa shape index (κ2) is 10.1. The van der Waals surface area contributed by atoms with E-state index < -0.39 is 5.97 Å². The van der Waals surface area contributed by atoms with Crippen LogP contribution in [-0.2, 0) is 23.2 Å². The average Bonchev–Trinajstić information content (AvgIpc) is 3.08. The number of hydrogen-bond acceptors (Lipinski definition) is 4. The molecule has 1 unspecified atom stereocenters. The number of aliphatic carboxylic acids is 1. The van der Waals surface area contributed by atoms with E-state index in [4.69, 9.17) is 26.2 Å². The first-order chi connectivity index (χ1) is 14.5. The van der Waals surface area contributed by atoms with Crippen LogP contribution in [0.4, 0.5) is 0 Å². The molecule has 0 amide bonds. The van der Waals surface area contributed by atoms with Crippen LogP contribution in [0.5, 0.6) is 11.5 Å². The third kappa shape index (κ3) is 5.11. The van der Waals surface area contributed by atoms with E-state index in [2.05, 4.69) is 24.0 Å². The molecule has 7 heteroatoms. The van der Waals surface area contributed by atoms with Crippen molar-refractivity contribution < 1.29 is 19.4 Å². The van der Waals surface area contributed by atoms with Crippen LogP contribution in [0.15, 0.2) is 36.4 Å². The number of rotatable bonds is 7. The molecule has 2 heterocycles. The summed E-state index contributed by atoms with van der Waals surface area (Å²) >= 11 is 6.38. The van der Waals surface area contributed by atoms with Crippen molar-refractivity contribution in [1.82, 2.24) is 4.90 Å². The normalized spacial score (nSPS) is 20.1. The third-order valence-electron chi connectivity index (χ3n) is 6.31. The zero-order valence-electron chi connectivity index (χ0n) is 17.7. The van der Waals surface area contributed by atoms with Crippen molar-refractivity contribution in [1.29, 1.82) is 0 Å². The molecule has 0 bridgehead atoms. The minimum absolute atomic E-state index is 0. The second-order valence-electron chi connectivity index (χ2n) is 8.27. The number of nitrogens with zero attached hydrogens (tertiary/aromatic N) is 1. The van der Waals surface area contributed by atoms with Gasteiger partial charge in [-0.05, 0) is 43.5 Å². The van der Waals surface area contributed by atoms with E-state index >= 15 is 0 Å². The molecule has 31 heavy (non-hydrogen) atoms. The Morgan fingerprint density at radius 3 is 2.94 bits per heavy atom. The number of likely N-dealkylation sites (tertiary alicyclic amines) is 1. The molecule has 2 aliphatic rings. The Hall–Kier alpha value is -1.95. The number of carboxylic acids is 1. The Bertz CT molecular complexity index is 936. The maximum absolute atomic E-state index is 10.9. The van der Waals surface area contributed by atoms with E-state index in [0.29, 0.717) is 19.8 Å². The van der Waals surface area contributed by atoms with Crippen molar-refractivity contribution in [2.24, 2.45) is 0 Å². The standard InChI is InChI=1S/C24H28ClNO4.ClH/c1-2-17-5-3-6-21(25)19(17)14-29-18-7-8-20-22(13-18)30-16-24(20)10-4-11-26(15-24)12-9-23(27)28;/h3,5-8,13H,2,4,9-12,14-16H2,1H3,(H,27,28);1H. The lowest BCUT2D eigenvalue weighted by Gasteiger charge is -2.39. The Balaban J connectivity index is 0.00000272. The lowest BCUT2D eigenvalue weighted by molar-refractivity contribution is -0.137.